The molecule has 1 unspecified atom stereocenters. The Morgan fingerprint density at radius 1 is 1.35 bits per heavy atom. The number of benzene rings is 1. The molecule has 1 aromatic heterocycles. The van der Waals surface area contributed by atoms with Gasteiger partial charge < -0.3 is 20.6 Å². The number of anilines is 2. The van der Waals surface area contributed by atoms with Gasteiger partial charge in [-0.1, -0.05) is 0 Å². The minimum atomic E-state index is -0.584. The topological polar surface area (TPSA) is 82.4 Å². The van der Waals surface area contributed by atoms with Crippen LogP contribution in [0.2, 0.25) is 0 Å². The summed E-state index contributed by atoms with van der Waals surface area (Å²) < 4.78 is 1.71. The Hall–Kier alpha value is -2.38. The zero-order valence-electron chi connectivity index (χ0n) is 13.7. The van der Waals surface area contributed by atoms with E-state index in [9.17, 15) is 9.90 Å². The van der Waals surface area contributed by atoms with Crippen LogP contribution in [0, 0.1) is 0 Å². The summed E-state index contributed by atoms with van der Waals surface area (Å²) in [5.74, 6) is 0.628. The molecule has 124 valence electrons. The second-order valence-corrected chi connectivity index (χ2v) is 5.47. The summed E-state index contributed by atoms with van der Waals surface area (Å²) >= 11 is 0. The summed E-state index contributed by atoms with van der Waals surface area (Å²) in [7, 11) is 5.30. The van der Waals surface area contributed by atoms with Crippen LogP contribution >= 0.6 is 0 Å². The molecule has 2 aromatic rings. The Morgan fingerprint density at radius 3 is 2.61 bits per heavy atom. The van der Waals surface area contributed by atoms with Crippen LogP contribution in [0.3, 0.4) is 0 Å². The van der Waals surface area contributed by atoms with Crippen molar-refractivity contribution < 1.29 is 9.90 Å². The number of amides is 1. The third-order valence-corrected chi connectivity index (χ3v) is 3.39. The first kappa shape index (κ1) is 17.0. The Labute approximate surface area is 135 Å². The van der Waals surface area contributed by atoms with E-state index in [1.165, 1.54) is 4.90 Å². The molecule has 3 N–H and O–H groups in total. The first-order valence-electron chi connectivity index (χ1n) is 7.44. The van der Waals surface area contributed by atoms with Gasteiger partial charge in [-0.25, -0.2) is 0 Å². The number of nitrogens with zero attached hydrogens (tertiary/aromatic N) is 3. The lowest BCUT2D eigenvalue weighted by atomic mass is 10.1. The largest absolute Gasteiger partial charge is 0.390 e. The van der Waals surface area contributed by atoms with Crippen molar-refractivity contribution in [3.8, 4) is 0 Å². The predicted octanol–water partition coefficient (Wildman–Crippen LogP) is 0.816. The highest BCUT2D eigenvalue weighted by Crippen LogP contribution is 2.16. The molecule has 0 aliphatic carbocycles. The van der Waals surface area contributed by atoms with E-state index in [0.717, 1.165) is 11.5 Å². The van der Waals surface area contributed by atoms with Crippen LogP contribution in [-0.2, 0) is 7.05 Å². The van der Waals surface area contributed by atoms with E-state index in [1.54, 1.807) is 30.9 Å². The van der Waals surface area contributed by atoms with Crippen molar-refractivity contribution in [2.45, 2.75) is 6.10 Å². The van der Waals surface area contributed by atoms with Crippen molar-refractivity contribution in [1.29, 1.82) is 0 Å². The summed E-state index contributed by atoms with van der Waals surface area (Å²) in [6.07, 6.45) is 1.27. The monoisotopic (exact) mass is 317 g/mol. The minimum absolute atomic E-state index is 0.121. The van der Waals surface area contributed by atoms with E-state index >= 15 is 0 Å². The molecule has 0 saturated heterocycles. The number of aliphatic hydroxyl groups excluding tert-OH is 1. The SMILES string of the molecule is CNCC(O)CN(C)C(=O)c1ccc(Nc2ccn(C)n2)cc1. The molecule has 1 amide bonds. The molecule has 7 nitrogen and oxygen atoms in total. The van der Waals surface area contributed by atoms with Gasteiger partial charge in [0.1, 0.15) is 0 Å². The second-order valence-electron chi connectivity index (χ2n) is 5.47. The quantitative estimate of drug-likeness (QED) is 0.704. The van der Waals surface area contributed by atoms with E-state index < -0.39 is 6.10 Å². The number of aromatic nitrogens is 2. The number of rotatable bonds is 7. The van der Waals surface area contributed by atoms with Gasteiger partial charge >= 0.3 is 0 Å². The van der Waals surface area contributed by atoms with Crippen LogP contribution in [0.5, 0.6) is 0 Å². The van der Waals surface area contributed by atoms with Gasteiger partial charge in [0.25, 0.3) is 5.91 Å². The lowest BCUT2D eigenvalue weighted by molar-refractivity contribution is 0.0683. The van der Waals surface area contributed by atoms with Gasteiger partial charge in [0.2, 0.25) is 0 Å². The number of nitrogens with one attached hydrogen (secondary N) is 2. The van der Waals surface area contributed by atoms with Crippen molar-refractivity contribution in [2.24, 2.45) is 7.05 Å². The van der Waals surface area contributed by atoms with Crippen LogP contribution in [0.4, 0.5) is 11.5 Å². The minimum Gasteiger partial charge on any atom is -0.390 e. The Bertz CT molecular complexity index is 638. The summed E-state index contributed by atoms with van der Waals surface area (Å²) in [6, 6.07) is 9.05. The maximum absolute atomic E-state index is 12.3. The van der Waals surface area contributed by atoms with Crippen LogP contribution in [0.1, 0.15) is 10.4 Å². The lowest BCUT2D eigenvalue weighted by Gasteiger charge is -2.21. The van der Waals surface area contributed by atoms with E-state index in [-0.39, 0.29) is 12.5 Å². The molecule has 1 atom stereocenters. The first-order chi connectivity index (χ1) is 11.0. The maximum atomic E-state index is 12.3. The van der Waals surface area contributed by atoms with E-state index in [1.807, 2.05) is 31.4 Å². The van der Waals surface area contributed by atoms with Gasteiger partial charge in [0.05, 0.1) is 6.10 Å². The van der Waals surface area contributed by atoms with E-state index in [4.69, 9.17) is 0 Å². The molecule has 0 fully saturated rings. The maximum Gasteiger partial charge on any atom is 0.253 e. The predicted molar refractivity (Wildman–Crippen MR) is 89.8 cm³/mol. The summed E-state index contributed by atoms with van der Waals surface area (Å²) in [6.45, 7) is 0.734. The Morgan fingerprint density at radius 2 is 2.04 bits per heavy atom. The molecule has 1 aromatic carbocycles. The molecule has 0 spiro atoms. The van der Waals surface area contributed by atoms with Crippen molar-refractivity contribution in [3.05, 3.63) is 42.1 Å². The molecule has 2 rings (SSSR count). The number of aliphatic hydroxyl groups is 1. The van der Waals surface area contributed by atoms with E-state index in [0.29, 0.717) is 12.1 Å². The van der Waals surface area contributed by atoms with Gasteiger partial charge in [-0.2, -0.15) is 5.10 Å². The average Bonchev–Trinajstić information content (AvgIpc) is 2.92. The zero-order valence-corrected chi connectivity index (χ0v) is 13.7. The molecule has 1 heterocycles. The summed E-state index contributed by atoms with van der Waals surface area (Å²) in [5.41, 5.74) is 1.44. The molecule has 23 heavy (non-hydrogen) atoms. The number of hydrogen-bond donors (Lipinski definition) is 3. The molecule has 7 heteroatoms. The van der Waals surface area contributed by atoms with Crippen LogP contribution < -0.4 is 10.6 Å². The first-order valence-corrected chi connectivity index (χ1v) is 7.44. The van der Waals surface area contributed by atoms with Crippen LogP contribution in [0.15, 0.2) is 36.5 Å². The average molecular weight is 317 g/mol. The highest BCUT2D eigenvalue weighted by atomic mass is 16.3. The molecular weight excluding hydrogens is 294 g/mol. The fourth-order valence-corrected chi connectivity index (χ4v) is 2.25. The number of hydrogen-bond acceptors (Lipinski definition) is 5. The number of likely N-dealkylation sites (N-methyl/N-ethyl adjacent to an activating group) is 2. The third-order valence-electron chi connectivity index (χ3n) is 3.39. The fourth-order valence-electron chi connectivity index (χ4n) is 2.25. The smallest absolute Gasteiger partial charge is 0.253 e. The van der Waals surface area contributed by atoms with Gasteiger partial charge in [-0.05, 0) is 31.3 Å². The molecule has 0 radical (unpaired) electrons. The number of carbonyl (C=O) groups is 1. The standard InChI is InChI=1S/C16H23N5O2/c1-17-10-14(22)11-20(2)16(23)12-4-6-13(7-5-12)18-15-8-9-21(3)19-15/h4-9,14,17,22H,10-11H2,1-3H3,(H,18,19). The normalized spacial score (nSPS) is 12.0. The van der Waals surface area contributed by atoms with Crippen molar-refractivity contribution in [2.75, 3.05) is 32.5 Å². The highest BCUT2D eigenvalue weighted by Gasteiger charge is 2.15. The number of carbonyl (C=O) groups excluding carboxylic acids is 1. The van der Waals surface area contributed by atoms with E-state index in [2.05, 4.69) is 15.7 Å². The Kier molecular flexibility index (Phi) is 5.72. The summed E-state index contributed by atoms with van der Waals surface area (Å²) in [4.78, 5) is 13.8. The van der Waals surface area contributed by atoms with Gasteiger partial charge in [-0.15, -0.1) is 0 Å². The molecule has 0 saturated carbocycles. The second kappa shape index (κ2) is 7.75. The third kappa shape index (κ3) is 4.80. The van der Waals surface area contributed by atoms with Crippen LogP contribution in [0.25, 0.3) is 0 Å². The highest BCUT2D eigenvalue weighted by molar-refractivity contribution is 5.94. The summed E-state index contributed by atoms with van der Waals surface area (Å²) in [5, 5.41) is 20.0. The van der Waals surface area contributed by atoms with Crippen molar-refractivity contribution >= 4 is 17.4 Å². The van der Waals surface area contributed by atoms with Crippen molar-refractivity contribution in [1.82, 2.24) is 20.0 Å². The molecule has 0 aliphatic rings. The number of aryl methyl sites for hydroxylation is 1. The molecule has 0 aliphatic heterocycles. The Balaban J connectivity index is 1.96. The fraction of sp³-hybridized carbons (Fsp3) is 0.375. The van der Waals surface area contributed by atoms with Crippen molar-refractivity contribution in [3.63, 3.8) is 0 Å². The molecular formula is C16H23N5O2. The van der Waals surface area contributed by atoms with Crippen LogP contribution in [-0.4, -0.2) is 59.0 Å². The zero-order chi connectivity index (χ0) is 16.8. The van der Waals surface area contributed by atoms with Gasteiger partial charge in [-0.3, -0.25) is 9.48 Å². The van der Waals surface area contributed by atoms with Gasteiger partial charge in [0.15, 0.2) is 5.82 Å². The lowest BCUT2D eigenvalue weighted by Crippen LogP contribution is -2.38. The molecule has 0 bridgehead atoms. The van der Waals surface area contributed by atoms with Gasteiger partial charge in [0, 0.05) is 50.7 Å².